The second-order valence-electron chi connectivity index (χ2n) is 4.21. The van der Waals surface area contributed by atoms with Crippen LogP contribution in [0, 0.1) is 0 Å². The molecular formula is C14H15NO3. The Balaban J connectivity index is 2.81. The number of aldehydes is 1. The predicted molar refractivity (Wildman–Crippen MR) is 70.2 cm³/mol. The molecule has 1 N–H and O–H groups in total. The van der Waals surface area contributed by atoms with E-state index >= 15 is 0 Å². The van der Waals surface area contributed by atoms with Crippen LogP contribution in [0.4, 0.5) is 0 Å². The molecule has 1 aromatic carbocycles. The summed E-state index contributed by atoms with van der Waals surface area (Å²) >= 11 is 0. The third-order valence-corrected chi connectivity index (χ3v) is 3.03. The largest absolute Gasteiger partial charge is 0.506 e. The molecule has 0 unspecified atom stereocenters. The SMILES string of the molecule is CCCCn1c(=O)c(C=O)c(O)c2ccccc21. The third kappa shape index (κ3) is 1.90. The summed E-state index contributed by atoms with van der Waals surface area (Å²) in [5.41, 5.74) is 0.0819. The molecule has 0 amide bonds. The second-order valence-corrected chi connectivity index (χ2v) is 4.21. The number of fused-ring (bicyclic) bond motifs is 1. The maximum Gasteiger partial charge on any atom is 0.265 e. The van der Waals surface area contributed by atoms with Crippen LogP contribution >= 0.6 is 0 Å². The zero-order valence-corrected chi connectivity index (χ0v) is 10.2. The smallest absolute Gasteiger partial charge is 0.265 e. The topological polar surface area (TPSA) is 59.3 Å². The highest BCUT2D eigenvalue weighted by Gasteiger charge is 2.14. The van der Waals surface area contributed by atoms with Crippen molar-refractivity contribution in [1.82, 2.24) is 4.57 Å². The summed E-state index contributed by atoms with van der Waals surface area (Å²) in [5, 5.41) is 10.5. The standard InChI is InChI=1S/C14H15NO3/c1-2-3-8-15-12-7-5-4-6-10(12)13(17)11(9-16)14(15)18/h4-7,9,17H,2-3,8H2,1H3. The first kappa shape index (κ1) is 12.4. The molecule has 0 saturated heterocycles. The van der Waals surface area contributed by atoms with Crippen LogP contribution in [0.15, 0.2) is 29.1 Å². The summed E-state index contributed by atoms with van der Waals surface area (Å²) in [7, 11) is 0. The number of hydrogen-bond donors (Lipinski definition) is 1. The van der Waals surface area contributed by atoms with E-state index in [4.69, 9.17) is 0 Å². The monoisotopic (exact) mass is 245 g/mol. The van der Waals surface area contributed by atoms with Crippen molar-refractivity contribution < 1.29 is 9.90 Å². The van der Waals surface area contributed by atoms with Crippen molar-refractivity contribution in [2.75, 3.05) is 0 Å². The summed E-state index contributed by atoms with van der Waals surface area (Å²) < 4.78 is 1.56. The molecule has 0 aliphatic heterocycles. The molecule has 0 bridgehead atoms. The lowest BCUT2D eigenvalue weighted by Gasteiger charge is -2.12. The van der Waals surface area contributed by atoms with E-state index in [1.807, 2.05) is 13.0 Å². The van der Waals surface area contributed by atoms with Crippen molar-refractivity contribution in [3.05, 3.63) is 40.2 Å². The van der Waals surface area contributed by atoms with Gasteiger partial charge in [-0.15, -0.1) is 0 Å². The molecule has 0 atom stereocenters. The maximum atomic E-state index is 12.1. The number of aryl methyl sites for hydroxylation is 1. The minimum Gasteiger partial charge on any atom is -0.506 e. The minimum absolute atomic E-state index is 0.162. The van der Waals surface area contributed by atoms with Crippen molar-refractivity contribution in [2.24, 2.45) is 0 Å². The number of nitrogens with zero attached hydrogens (tertiary/aromatic N) is 1. The number of unbranched alkanes of at least 4 members (excludes halogenated alkanes) is 1. The number of aromatic hydroxyl groups is 1. The van der Waals surface area contributed by atoms with Crippen LogP contribution < -0.4 is 5.56 Å². The highest BCUT2D eigenvalue weighted by Crippen LogP contribution is 2.25. The van der Waals surface area contributed by atoms with E-state index in [-0.39, 0.29) is 11.3 Å². The molecule has 0 radical (unpaired) electrons. The number of benzene rings is 1. The Labute approximate surface area is 104 Å². The van der Waals surface area contributed by atoms with Crippen molar-refractivity contribution >= 4 is 17.2 Å². The Morgan fingerprint density at radius 2 is 2.06 bits per heavy atom. The molecule has 4 nitrogen and oxygen atoms in total. The number of para-hydroxylation sites is 1. The summed E-state index contributed by atoms with van der Waals surface area (Å²) in [4.78, 5) is 23.1. The highest BCUT2D eigenvalue weighted by molar-refractivity contribution is 5.93. The van der Waals surface area contributed by atoms with Crippen molar-refractivity contribution in [1.29, 1.82) is 0 Å². The molecule has 2 aromatic rings. The summed E-state index contributed by atoms with van der Waals surface area (Å²) in [6.07, 6.45) is 2.23. The molecule has 0 aliphatic rings. The molecule has 1 heterocycles. The van der Waals surface area contributed by atoms with Crippen LogP contribution in [0.25, 0.3) is 10.9 Å². The fourth-order valence-electron chi connectivity index (χ4n) is 2.05. The van der Waals surface area contributed by atoms with Gasteiger partial charge >= 0.3 is 0 Å². The zero-order chi connectivity index (χ0) is 13.1. The van der Waals surface area contributed by atoms with Crippen molar-refractivity contribution in [3.8, 4) is 5.75 Å². The maximum absolute atomic E-state index is 12.1. The fourth-order valence-corrected chi connectivity index (χ4v) is 2.05. The minimum atomic E-state index is -0.422. The van der Waals surface area contributed by atoms with Gasteiger partial charge in [0.1, 0.15) is 11.3 Å². The lowest BCUT2D eigenvalue weighted by atomic mass is 10.1. The van der Waals surface area contributed by atoms with Crippen LogP contribution in [-0.2, 0) is 6.54 Å². The Kier molecular flexibility index (Phi) is 3.46. The van der Waals surface area contributed by atoms with E-state index in [2.05, 4.69) is 0 Å². The number of aromatic nitrogens is 1. The van der Waals surface area contributed by atoms with E-state index < -0.39 is 5.56 Å². The van der Waals surface area contributed by atoms with Gasteiger partial charge in [0.05, 0.1) is 5.52 Å². The summed E-state index contributed by atoms with van der Waals surface area (Å²) in [6.45, 7) is 2.59. The molecule has 0 fully saturated rings. The van der Waals surface area contributed by atoms with Gasteiger partial charge in [-0.05, 0) is 18.6 Å². The van der Waals surface area contributed by atoms with Crippen LogP contribution in [0.2, 0.25) is 0 Å². The third-order valence-electron chi connectivity index (χ3n) is 3.03. The van der Waals surface area contributed by atoms with Crippen molar-refractivity contribution in [3.63, 3.8) is 0 Å². The van der Waals surface area contributed by atoms with E-state index in [1.165, 1.54) is 0 Å². The van der Waals surface area contributed by atoms with Crippen LogP contribution in [0.5, 0.6) is 5.75 Å². The Hall–Kier alpha value is -2.10. The average Bonchev–Trinajstić information content (AvgIpc) is 2.39. The Morgan fingerprint density at radius 3 is 2.72 bits per heavy atom. The molecule has 4 heteroatoms. The lowest BCUT2D eigenvalue weighted by molar-refractivity contribution is 0.111. The van der Waals surface area contributed by atoms with E-state index in [0.717, 1.165) is 12.8 Å². The first-order chi connectivity index (χ1) is 8.70. The molecular weight excluding hydrogens is 230 g/mol. The number of carbonyl (C=O) groups is 1. The van der Waals surface area contributed by atoms with Gasteiger partial charge in [0, 0.05) is 11.9 Å². The number of pyridine rings is 1. The van der Waals surface area contributed by atoms with Crippen molar-refractivity contribution in [2.45, 2.75) is 26.3 Å². The average molecular weight is 245 g/mol. The molecule has 2 rings (SSSR count). The van der Waals surface area contributed by atoms with E-state index in [1.54, 1.807) is 22.8 Å². The van der Waals surface area contributed by atoms with Gasteiger partial charge < -0.3 is 9.67 Å². The highest BCUT2D eigenvalue weighted by atomic mass is 16.3. The molecule has 0 saturated carbocycles. The van der Waals surface area contributed by atoms with Gasteiger partial charge in [-0.2, -0.15) is 0 Å². The molecule has 0 aliphatic carbocycles. The van der Waals surface area contributed by atoms with E-state index in [0.29, 0.717) is 23.7 Å². The number of carbonyl (C=O) groups excluding carboxylic acids is 1. The number of hydrogen-bond acceptors (Lipinski definition) is 3. The quantitative estimate of drug-likeness (QED) is 0.841. The molecule has 0 spiro atoms. The lowest BCUT2D eigenvalue weighted by Crippen LogP contribution is -2.24. The van der Waals surface area contributed by atoms with Crippen LogP contribution in [0.1, 0.15) is 30.1 Å². The number of rotatable bonds is 4. The van der Waals surface area contributed by atoms with E-state index in [9.17, 15) is 14.7 Å². The van der Waals surface area contributed by atoms with Gasteiger partial charge in [0.2, 0.25) is 0 Å². The first-order valence-electron chi connectivity index (χ1n) is 6.00. The van der Waals surface area contributed by atoms with Crippen LogP contribution in [-0.4, -0.2) is 16.0 Å². The van der Waals surface area contributed by atoms with Gasteiger partial charge in [-0.1, -0.05) is 25.5 Å². The Bertz CT molecular complexity index is 643. The molecule has 18 heavy (non-hydrogen) atoms. The van der Waals surface area contributed by atoms with Gasteiger partial charge in [0.25, 0.3) is 5.56 Å². The van der Waals surface area contributed by atoms with Gasteiger partial charge in [-0.3, -0.25) is 9.59 Å². The molecule has 1 aromatic heterocycles. The first-order valence-corrected chi connectivity index (χ1v) is 6.00. The van der Waals surface area contributed by atoms with Gasteiger partial charge in [-0.25, -0.2) is 0 Å². The normalized spacial score (nSPS) is 10.7. The second kappa shape index (κ2) is 5.04. The van der Waals surface area contributed by atoms with Gasteiger partial charge in [0.15, 0.2) is 6.29 Å². The zero-order valence-electron chi connectivity index (χ0n) is 10.2. The molecule has 94 valence electrons. The fraction of sp³-hybridized carbons (Fsp3) is 0.286. The summed E-state index contributed by atoms with van der Waals surface area (Å²) in [5.74, 6) is -0.224. The predicted octanol–water partition coefficient (Wildman–Crippen LogP) is 2.32. The summed E-state index contributed by atoms with van der Waals surface area (Å²) in [6, 6.07) is 7.07. The Morgan fingerprint density at radius 1 is 1.33 bits per heavy atom. The van der Waals surface area contributed by atoms with Crippen LogP contribution in [0.3, 0.4) is 0 Å².